The summed E-state index contributed by atoms with van der Waals surface area (Å²) in [6.07, 6.45) is 0.212. The Hall–Kier alpha value is -2.58. The molecular weight excluding hydrogens is 300 g/mol. The second-order valence-corrected chi connectivity index (χ2v) is 5.97. The van der Waals surface area contributed by atoms with E-state index in [0.29, 0.717) is 23.4 Å². The molecule has 1 heterocycles. The highest BCUT2D eigenvalue weighted by Gasteiger charge is 2.21. The van der Waals surface area contributed by atoms with Crippen LogP contribution in [0.1, 0.15) is 43.2 Å². The van der Waals surface area contributed by atoms with Crippen molar-refractivity contribution in [3.8, 4) is 6.07 Å². The van der Waals surface area contributed by atoms with E-state index in [1.807, 2.05) is 36.4 Å². The molecule has 0 aliphatic carbocycles. The standard InChI is InChI=1S/C19H24N4O/c1-4-13(2)23(16-8-6-5-7-9-16)12-18(24)17-10-15(11-20)19(21)22-14(17)3/h5-10,13,18,24H,4,12H2,1-3H3,(H2,21,22). The summed E-state index contributed by atoms with van der Waals surface area (Å²) in [4.78, 5) is 6.36. The number of para-hydroxylation sites is 1. The van der Waals surface area contributed by atoms with E-state index in [9.17, 15) is 5.11 Å². The van der Waals surface area contributed by atoms with Crippen molar-refractivity contribution in [2.75, 3.05) is 17.2 Å². The van der Waals surface area contributed by atoms with Crippen LogP contribution < -0.4 is 10.6 Å². The molecule has 2 atom stereocenters. The number of hydrogen-bond acceptors (Lipinski definition) is 5. The van der Waals surface area contributed by atoms with Crippen LogP contribution in [0.4, 0.5) is 11.5 Å². The lowest BCUT2D eigenvalue weighted by Gasteiger charge is -2.33. The first kappa shape index (κ1) is 17.8. The van der Waals surface area contributed by atoms with Crippen LogP contribution in [0.5, 0.6) is 0 Å². The summed E-state index contributed by atoms with van der Waals surface area (Å²) in [6, 6.07) is 14.0. The number of pyridine rings is 1. The van der Waals surface area contributed by atoms with Gasteiger partial charge in [-0.25, -0.2) is 4.98 Å². The van der Waals surface area contributed by atoms with E-state index in [-0.39, 0.29) is 11.9 Å². The van der Waals surface area contributed by atoms with Crippen molar-refractivity contribution in [2.24, 2.45) is 0 Å². The van der Waals surface area contributed by atoms with Gasteiger partial charge >= 0.3 is 0 Å². The van der Waals surface area contributed by atoms with Crippen LogP contribution in [-0.2, 0) is 0 Å². The van der Waals surface area contributed by atoms with Gasteiger partial charge in [-0.1, -0.05) is 25.1 Å². The minimum atomic E-state index is -0.751. The average molecular weight is 324 g/mol. The van der Waals surface area contributed by atoms with Crippen LogP contribution in [-0.4, -0.2) is 22.7 Å². The van der Waals surface area contributed by atoms with E-state index in [1.54, 1.807) is 13.0 Å². The van der Waals surface area contributed by atoms with Crippen molar-refractivity contribution in [3.05, 3.63) is 53.2 Å². The number of hydrogen-bond donors (Lipinski definition) is 2. The number of rotatable bonds is 6. The number of aliphatic hydroxyl groups excluding tert-OH is 1. The van der Waals surface area contributed by atoms with Gasteiger partial charge in [-0.3, -0.25) is 0 Å². The van der Waals surface area contributed by atoms with E-state index in [1.165, 1.54) is 0 Å². The first-order chi connectivity index (χ1) is 11.5. The van der Waals surface area contributed by atoms with E-state index >= 15 is 0 Å². The van der Waals surface area contributed by atoms with Gasteiger partial charge in [0.25, 0.3) is 0 Å². The molecule has 5 nitrogen and oxygen atoms in total. The molecular formula is C19H24N4O. The Morgan fingerprint density at radius 2 is 2.00 bits per heavy atom. The largest absolute Gasteiger partial charge is 0.386 e. The van der Waals surface area contributed by atoms with Gasteiger partial charge in [0.2, 0.25) is 0 Å². The van der Waals surface area contributed by atoms with E-state index < -0.39 is 6.10 Å². The van der Waals surface area contributed by atoms with Crippen molar-refractivity contribution >= 4 is 11.5 Å². The molecule has 5 heteroatoms. The Bertz CT molecular complexity index is 724. The molecule has 0 spiro atoms. The summed E-state index contributed by atoms with van der Waals surface area (Å²) < 4.78 is 0. The molecule has 0 fully saturated rings. The molecule has 1 aromatic carbocycles. The maximum atomic E-state index is 10.8. The van der Waals surface area contributed by atoms with Crippen LogP contribution in [0.2, 0.25) is 0 Å². The van der Waals surface area contributed by atoms with Crippen LogP contribution in [0, 0.1) is 18.3 Å². The molecule has 0 aliphatic rings. The van der Waals surface area contributed by atoms with Gasteiger partial charge in [-0.05, 0) is 38.5 Å². The molecule has 0 amide bonds. The quantitative estimate of drug-likeness (QED) is 0.852. The van der Waals surface area contributed by atoms with Crippen LogP contribution in [0.15, 0.2) is 36.4 Å². The van der Waals surface area contributed by atoms with Crippen LogP contribution >= 0.6 is 0 Å². The van der Waals surface area contributed by atoms with Crippen molar-refractivity contribution in [2.45, 2.75) is 39.3 Å². The van der Waals surface area contributed by atoms with E-state index in [0.717, 1.165) is 12.1 Å². The fraction of sp³-hybridized carbons (Fsp3) is 0.368. The zero-order chi connectivity index (χ0) is 17.7. The summed E-state index contributed by atoms with van der Waals surface area (Å²) in [5.41, 5.74) is 8.39. The van der Waals surface area contributed by atoms with E-state index in [2.05, 4.69) is 23.7 Å². The van der Waals surface area contributed by atoms with Gasteiger partial charge < -0.3 is 15.7 Å². The lowest BCUT2D eigenvalue weighted by Crippen LogP contribution is -2.36. The predicted molar refractivity (Wildman–Crippen MR) is 96.6 cm³/mol. The fourth-order valence-corrected chi connectivity index (χ4v) is 2.73. The lowest BCUT2D eigenvalue weighted by atomic mass is 10.0. The van der Waals surface area contributed by atoms with Gasteiger partial charge in [-0.2, -0.15) is 5.26 Å². The Kier molecular flexibility index (Phi) is 5.78. The summed E-state index contributed by atoms with van der Waals surface area (Å²) in [5.74, 6) is 0.202. The van der Waals surface area contributed by atoms with Gasteiger partial charge in [0.1, 0.15) is 11.9 Å². The molecule has 126 valence electrons. The first-order valence-corrected chi connectivity index (χ1v) is 8.14. The summed E-state index contributed by atoms with van der Waals surface area (Å²) in [7, 11) is 0. The normalized spacial score (nSPS) is 13.1. The molecule has 2 rings (SSSR count). The van der Waals surface area contributed by atoms with Gasteiger partial charge in [0, 0.05) is 29.5 Å². The molecule has 24 heavy (non-hydrogen) atoms. The predicted octanol–water partition coefficient (Wildman–Crippen LogP) is 3.18. The second kappa shape index (κ2) is 7.80. The maximum absolute atomic E-state index is 10.8. The number of aromatic nitrogens is 1. The summed E-state index contributed by atoms with van der Waals surface area (Å²) in [5, 5.41) is 19.9. The van der Waals surface area contributed by atoms with Crippen molar-refractivity contribution < 1.29 is 5.11 Å². The second-order valence-electron chi connectivity index (χ2n) is 5.97. The molecule has 3 N–H and O–H groups in total. The SMILES string of the molecule is CCC(C)N(CC(O)c1cc(C#N)c(N)nc1C)c1ccccc1. The molecule has 0 radical (unpaired) electrons. The Balaban J connectivity index is 2.32. The van der Waals surface area contributed by atoms with E-state index in [4.69, 9.17) is 11.0 Å². The van der Waals surface area contributed by atoms with Gasteiger partial charge in [0.15, 0.2) is 0 Å². The number of anilines is 2. The summed E-state index contributed by atoms with van der Waals surface area (Å²) in [6.45, 7) is 6.48. The van der Waals surface area contributed by atoms with Crippen LogP contribution in [0.25, 0.3) is 0 Å². The Morgan fingerprint density at radius 1 is 1.33 bits per heavy atom. The summed E-state index contributed by atoms with van der Waals surface area (Å²) >= 11 is 0. The molecule has 1 aromatic heterocycles. The number of nitrogen functional groups attached to an aromatic ring is 1. The van der Waals surface area contributed by atoms with Crippen molar-refractivity contribution in [1.29, 1.82) is 5.26 Å². The first-order valence-electron chi connectivity index (χ1n) is 8.14. The molecule has 0 aliphatic heterocycles. The third-order valence-electron chi connectivity index (χ3n) is 4.34. The third kappa shape index (κ3) is 3.84. The number of nitriles is 1. The van der Waals surface area contributed by atoms with Crippen LogP contribution in [0.3, 0.4) is 0 Å². The number of nitrogens with zero attached hydrogens (tertiary/aromatic N) is 3. The van der Waals surface area contributed by atoms with Crippen molar-refractivity contribution in [1.82, 2.24) is 4.98 Å². The monoisotopic (exact) mass is 324 g/mol. The zero-order valence-corrected chi connectivity index (χ0v) is 14.4. The molecule has 2 unspecified atom stereocenters. The topological polar surface area (TPSA) is 86.2 Å². The third-order valence-corrected chi connectivity index (χ3v) is 4.34. The fourth-order valence-electron chi connectivity index (χ4n) is 2.73. The number of aliphatic hydroxyl groups is 1. The highest BCUT2D eigenvalue weighted by atomic mass is 16.3. The van der Waals surface area contributed by atoms with Gasteiger partial charge in [0.05, 0.1) is 11.7 Å². The molecule has 0 saturated carbocycles. The maximum Gasteiger partial charge on any atom is 0.141 e. The van der Waals surface area contributed by atoms with Gasteiger partial charge in [-0.15, -0.1) is 0 Å². The smallest absolute Gasteiger partial charge is 0.141 e. The Morgan fingerprint density at radius 3 is 2.58 bits per heavy atom. The highest BCUT2D eigenvalue weighted by molar-refractivity contribution is 5.52. The minimum absolute atomic E-state index is 0.202. The average Bonchev–Trinajstić information content (AvgIpc) is 2.59. The number of aryl methyl sites for hydroxylation is 1. The molecule has 0 saturated heterocycles. The number of nitrogens with two attached hydrogens (primary N) is 1. The minimum Gasteiger partial charge on any atom is -0.386 e. The zero-order valence-electron chi connectivity index (χ0n) is 14.4. The molecule has 2 aromatic rings. The Labute approximate surface area is 143 Å². The number of benzene rings is 1. The van der Waals surface area contributed by atoms with Crippen molar-refractivity contribution in [3.63, 3.8) is 0 Å². The highest BCUT2D eigenvalue weighted by Crippen LogP contribution is 2.25. The lowest BCUT2D eigenvalue weighted by molar-refractivity contribution is 0.179. The molecule has 0 bridgehead atoms.